The number of Topliss-reactive ketones (excluding diaryl/α,β-unsaturated/α-hetero) is 3. The van der Waals surface area contributed by atoms with E-state index in [9.17, 15) is 29.1 Å². The summed E-state index contributed by atoms with van der Waals surface area (Å²) in [5.74, 6) is -2.04. The molecule has 0 bridgehead atoms. The van der Waals surface area contributed by atoms with Gasteiger partial charge < -0.3 is 15.2 Å². The van der Waals surface area contributed by atoms with Gasteiger partial charge in [-0.15, -0.1) is 0 Å². The van der Waals surface area contributed by atoms with Crippen molar-refractivity contribution < 1.29 is 33.4 Å². The Morgan fingerprint density at radius 2 is 1.23 bits per heavy atom. The zero-order valence-electron chi connectivity index (χ0n) is 25.9. The van der Waals surface area contributed by atoms with E-state index in [1.807, 2.05) is 6.92 Å². The number of carbonyl (C=O) groups excluding carboxylic acids is 4. The van der Waals surface area contributed by atoms with Crippen molar-refractivity contribution in [3.05, 3.63) is 0 Å². The van der Waals surface area contributed by atoms with Crippen molar-refractivity contribution in [2.45, 2.75) is 162 Å². The second-order valence-electron chi connectivity index (χ2n) is 11.7. The number of hydrogen-bond donors (Lipinski definition) is 2. The number of ketones is 3. The summed E-state index contributed by atoms with van der Waals surface area (Å²) in [6.07, 6.45) is 19.6. The van der Waals surface area contributed by atoms with Crippen molar-refractivity contribution in [1.82, 2.24) is 5.32 Å². The maximum atomic E-state index is 12.3. The molecule has 0 heterocycles. The number of carbonyl (C=O) groups is 5. The van der Waals surface area contributed by atoms with Gasteiger partial charge >= 0.3 is 5.97 Å². The maximum Gasteiger partial charge on any atom is 0.306 e. The zero-order valence-corrected chi connectivity index (χ0v) is 25.9. The molecule has 2 N–H and O–H groups in total. The first-order valence-electron chi connectivity index (χ1n) is 16.2. The van der Waals surface area contributed by atoms with Crippen LogP contribution >= 0.6 is 0 Å². The molecule has 1 amide bonds. The molecule has 238 valence electrons. The molecule has 0 aromatic heterocycles. The van der Waals surface area contributed by atoms with E-state index in [1.54, 1.807) is 0 Å². The van der Waals surface area contributed by atoms with Gasteiger partial charge in [-0.25, -0.2) is 0 Å². The molecule has 0 unspecified atom stereocenters. The van der Waals surface area contributed by atoms with Crippen LogP contribution in [0.1, 0.15) is 166 Å². The van der Waals surface area contributed by atoms with Gasteiger partial charge in [-0.3, -0.25) is 19.2 Å². The first-order chi connectivity index (χ1) is 19.2. The van der Waals surface area contributed by atoms with Crippen LogP contribution in [0.2, 0.25) is 0 Å². The Labute approximate surface area is 248 Å². The van der Waals surface area contributed by atoms with Crippen molar-refractivity contribution >= 4 is 29.2 Å². The normalized spacial score (nSPS) is 12.6. The van der Waals surface area contributed by atoms with Crippen molar-refractivity contribution in [1.29, 1.82) is 0 Å². The van der Waals surface area contributed by atoms with Crippen LogP contribution < -0.4 is 5.32 Å². The second-order valence-corrected chi connectivity index (χ2v) is 11.7. The Bertz CT molecular complexity index is 735. The van der Waals surface area contributed by atoms with E-state index in [0.717, 1.165) is 38.5 Å². The lowest BCUT2D eigenvalue weighted by Crippen LogP contribution is -2.26. The van der Waals surface area contributed by atoms with E-state index < -0.39 is 11.9 Å². The van der Waals surface area contributed by atoms with Crippen LogP contribution in [0.15, 0.2) is 0 Å². The van der Waals surface area contributed by atoms with Crippen LogP contribution in [0.3, 0.4) is 0 Å². The molecule has 7 nitrogen and oxygen atoms in total. The monoisotopic (exact) mass is 571 g/mol. The first-order valence-corrected chi connectivity index (χ1v) is 16.2. The summed E-state index contributed by atoms with van der Waals surface area (Å²) in [4.78, 5) is 59.1. The largest absolute Gasteiger partial charge is 0.481 e. The fourth-order valence-corrected chi connectivity index (χ4v) is 4.93. The fourth-order valence-electron chi connectivity index (χ4n) is 4.93. The molecule has 0 rings (SSSR count). The lowest BCUT2D eigenvalue weighted by Gasteiger charge is -2.12. The smallest absolute Gasteiger partial charge is 0.306 e. The third kappa shape index (κ3) is 23.8. The number of rotatable bonds is 29. The number of carboxylic acids is 1. The predicted octanol–water partition coefficient (Wildman–Crippen LogP) is 8.51. The molecular weight excluding hydrogens is 506 g/mol. The van der Waals surface area contributed by atoms with Crippen LogP contribution in [-0.4, -0.2) is 40.9 Å². The molecular formula is C33H65NO6. The first kappa shape index (κ1) is 38.0. The molecule has 0 aliphatic carbocycles. The highest BCUT2D eigenvalue weighted by atomic mass is 16.4. The summed E-state index contributed by atoms with van der Waals surface area (Å²) in [6, 6.07) is 0. The average molecular weight is 572 g/mol. The molecule has 0 saturated carbocycles. The number of aliphatic carboxylic acids is 1. The van der Waals surface area contributed by atoms with Gasteiger partial charge in [0.15, 0.2) is 0 Å². The second kappa shape index (κ2) is 25.9. The van der Waals surface area contributed by atoms with Gasteiger partial charge in [-0.2, -0.15) is 0 Å². The maximum absolute atomic E-state index is 12.3. The summed E-state index contributed by atoms with van der Waals surface area (Å²) in [7, 11) is 0. The Kier molecular flexibility index (Phi) is 24.6. The fraction of sp³-hybridized carbons (Fsp3) is 0.848. The van der Waals surface area contributed by atoms with E-state index >= 15 is 0 Å². The van der Waals surface area contributed by atoms with Crippen molar-refractivity contribution in [2.24, 2.45) is 11.8 Å². The zero-order chi connectivity index (χ0) is 30.0. The lowest BCUT2D eigenvalue weighted by molar-refractivity contribution is -0.144. The molecule has 0 saturated heterocycles. The van der Waals surface area contributed by atoms with Gasteiger partial charge in [0.1, 0.15) is 17.3 Å². The standard InChI is InChI=1S/C33H59NO6.3H2/c1-4-5-6-7-8-9-10-11-12-13-14-15-16-20-30(36)26-29(33(39)40)22-24-32(38)34-25-18-17-19-27(2)31(37)23-21-28(3)35;;;/h27,29H,4-26H2,1-3H3,(H,34,38)(H,39,40);3*1H/t27-,29+;;;/m0.../s1. The highest BCUT2D eigenvalue weighted by molar-refractivity contribution is 5.86. The van der Waals surface area contributed by atoms with Crippen LogP contribution in [0.5, 0.6) is 0 Å². The Morgan fingerprint density at radius 3 is 1.75 bits per heavy atom. The Balaban J connectivity index is -0.00000253. The molecule has 0 radical (unpaired) electrons. The summed E-state index contributed by atoms with van der Waals surface area (Å²) in [5, 5.41) is 12.3. The van der Waals surface area contributed by atoms with Gasteiger partial charge in [-0.05, 0) is 32.6 Å². The van der Waals surface area contributed by atoms with E-state index in [1.165, 1.54) is 71.1 Å². The molecule has 0 aliphatic rings. The third-order valence-electron chi connectivity index (χ3n) is 7.76. The van der Waals surface area contributed by atoms with Gasteiger partial charge in [-0.1, -0.05) is 97.3 Å². The predicted molar refractivity (Wildman–Crippen MR) is 168 cm³/mol. The van der Waals surface area contributed by atoms with Crippen molar-refractivity contribution in [3.8, 4) is 0 Å². The molecule has 0 spiro atoms. The quantitative estimate of drug-likeness (QED) is 0.0869. The number of nitrogens with one attached hydrogen (secondary N) is 1. The van der Waals surface area contributed by atoms with Gasteiger partial charge in [0.05, 0.1) is 5.92 Å². The summed E-state index contributed by atoms with van der Waals surface area (Å²) in [5.41, 5.74) is 0. The lowest BCUT2D eigenvalue weighted by atomic mass is 9.94. The molecule has 2 atom stereocenters. The number of hydrogen-bond acceptors (Lipinski definition) is 5. The molecule has 0 aromatic carbocycles. The van der Waals surface area contributed by atoms with Gasteiger partial charge in [0.25, 0.3) is 0 Å². The summed E-state index contributed by atoms with van der Waals surface area (Å²) >= 11 is 0. The Morgan fingerprint density at radius 1 is 0.675 bits per heavy atom. The minimum Gasteiger partial charge on any atom is -0.481 e. The number of unbranched alkanes of at least 4 members (excludes halogenated alkanes) is 13. The van der Waals surface area contributed by atoms with E-state index in [4.69, 9.17) is 0 Å². The number of amides is 1. The van der Waals surface area contributed by atoms with Crippen LogP contribution in [0.25, 0.3) is 0 Å². The third-order valence-corrected chi connectivity index (χ3v) is 7.76. The van der Waals surface area contributed by atoms with Crippen LogP contribution in [-0.2, 0) is 24.0 Å². The van der Waals surface area contributed by atoms with Crippen molar-refractivity contribution in [2.75, 3.05) is 6.54 Å². The topological polar surface area (TPSA) is 118 Å². The van der Waals surface area contributed by atoms with E-state index in [0.29, 0.717) is 25.8 Å². The van der Waals surface area contributed by atoms with Crippen LogP contribution in [0.4, 0.5) is 0 Å². The molecule has 0 fully saturated rings. The minimum absolute atomic E-state index is 0. The highest BCUT2D eigenvalue weighted by Gasteiger charge is 2.22. The van der Waals surface area contributed by atoms with Gasteiger partial charge in [0.2, 0.25) is 5.91 Å². The van der Waals surface area contributed by atoms with E-state index in [-0.39, 0.29) is 52.7 Å². The molecule has 0 aromatic rings. The molecule has 7 heteroatoms. The van der Waals surface area contributed by atoms with Gasteiger partial charge in [0, 0.05) is 48.8 Å². The minimum atomic E-state index is -1.02. The summed E-state index contributed by atoms with van der Waals surface area (Å²) in [6.45, 7) is 6.07. The molecule has 40 heavy (non-hydrogen) atoms. The summed E-state index contributed by atoms with van der Waals surface area (Å²) < 4.78 is 0. The number of carboxylic acid groups (broad SMARTS) is 1. The van der Waals surface area contributed by atoms with Crippen molar-refractivity contribution in [3.63, 3.8) is 0 Å². The Hall–Kier alpha value is -2.05. The SMILES string of the molecule is CCCCCCCCCCCCCCCC(=O)C[C@@H](CCC(=O)NCCCC[C@H](C)C(=O)CCC(C)=O)C(=O)O.[HH].[HH].[HH]. The van der Waals surface area contributed by atoms with E-state index in [2.05, 4.69) is 12.2 Å². The highest BCUT2D eigenvalue weighted by Crippen LogP contribution is 2.17. The van der Waals surface area contributed by atoms with Crippen LogP contribution in [0, 0.1) is 11.8 Å². The average Bonchev–Trinajstić information content (AvgIpc) is 2.91. The molecule has 0 aliphatic heterocycles.